The number of carbonyl (C=O) groups is 1. The van der Waals surface area contributed by atoms with Crippen LogP contribution in [0.2, 0.25) is 0 Å². The second-order valence-corrected chi connectivity index (χ2v) is 4.81. The minimum atomic E-state index is -0.784. The van der Waals surface area contributed by atoms with Gasteiger partial charge in [0.2, 0.25) is 0 Å². The van der Waals surface area contributed by atoms with Crippen molar-refractivity contribution in [3.05, 3.63) is 10.5 Å². The molecule has 3 heteroatoms. The number of rotatable bonds is 8. The molecule has 0 aliphatic heterocycles. The second-order valence-electron chi connectivity index (χ2n) is 3.62. The highest BCUT2D eigenvalue weighted by atomic mass is 32.2. The second kappa shape index (κ2) is 8.84. The van der Waals surface area contributed by atoms with E-state index in [-0.39, 0.29) is 0 Å². The summed E-state index contributed by atoms with van der Waals surface area (Å²) in [6.07, 6.45) is 5.80. The Bertz CT molecular complexity index is 222. The average molecular weight is 230 g/mol. The van der Waals surface area contributed by atoms with E-state index >= 15 is 0 Å². The molecule has 0 bridgehead atoms. The van der Waals surface area contributed by atoms with Crippen LogP contribution in [0.5, 0.6) is 0 Å². The SMILES string of the molecule is CCCCCCS/C(CC)=C(\C)C(=O)O. The van der Waals surface area contributed by atoms with Crippen LogP contribution in [-0.4, -0.2) is 16.8 Å². The molecule has 0 spiro atoms. The van der Waals surface area contributed by atoms with Gasteiger partial charge < -0.3 is 5.11 Å². The third-order valence-electron chi connectivity index (χ3n) is 2.33. The van der Waals surface area contributed by atoms with Gasteiger partial charge in [0, 0.05) is 5.57 Å². The topological polar surface area (TPSA) is 37.3 Å². The highest BCUT2D eigenvalue weighted by Crippen LogP contribution is 2.24. The molecule has 0 amide bonds. The van der Waals surface area contributed by atoms with E-state index in [2.05, 4.69) is 6.92 Å². The van der Waals surface area contributed by atoms with Gasteiger partial charge in [-0.3, -0.25) is 0 Å². The zero-order valence-corrected chi connectivity index (χ0v) is 10.8. The Morgan fingerprint density at radius 2 is 1.87 bits per heavy atom. The number of hydrogen-bond acceptors (Lipinski definition) is 2. The Labute approximate surface area is 97.1 Å². The highest BCUT2D eigenvalue weighted by Gasteiger charge is 2.07. The number of thioether (sulfide) groups is 1. The first-order valence-electron chi connectivity index (χ1n) is 5.69. The number of hydrogen-bond donors (Lipinski definition) is 1. The van der Waals surface area contributed by atoms with Crippen molar-refractivity contribution in [1.82, 2.24) is 0 Å². The Morgan fingerprint density at radius 3 is 2.33 bits per heavy atom. The minimum Gasteiger partial charge on any atom is -0.478 e. The molecule has 0 unspecified atom stereocenters. The van der Waals surface area contributed by atoms with E-state index < -0.39 is 5.97 Å². The summed E-state index contributed by atoms with van der Waals surface area (Å²) < 4.78 is 0. The maximum absolute atomic E-state index is 10.8. The van der Waals surface area contributed by atoms with Crippen LogP contribution in [-0.2, 0) is 4.79 Å². The lowest BCUT2D eigenvalue weighted by Gasteiger charge is -2.06. The molecular weight excluding hydrogens is 208 g/mol. The van der Waals surface area contributed by atoms with Crippen molar-refractivity contribution in [3.63, 3.8) is 0 Å². The van der Waals surface area contributed by atoms with Crippen molar-refractivity contribution in [2.75, 3.05) is 5.75 Å². The van der Waals surface area contributed by atoms with Gasteiger partial charge in [0.15, 0.2) is 0 Å². The molecule has 0 aliphatic rings. The Morgan fingerprint density at radius 1 is 1.20 bits per heavy atom. The normalized spacial score (nSPS) is 12.5. The molecule has 0 aromatic heterocycles. The van der Waals surface area contributed by atoms with Gasteiger partial charge >= 0.3 is 5.97 Å². The van der Waals surface area contributed by atoms with E-state index in [0.29, 0.717) is 5.57 Å². The third kappa shape index (κ3) is 6.61. The quantitative estimate of drug-likeness (QED) is 0.504. The van der Waals surface area contributed by atoms with E-state index in [0.717, 1.165) is 17.1 Å². The summed E-state index contributed by atoms with van der Waals surface area (Å²) in [5.41, 5.74) is 0.512. The minimum absolute atomic E-state index is 0.512. The first kappa shape index (κ1) is 14.6. The van der Waals surface area contributed by atoms with Crippen LogP contribution in [0.1, 0.15) is 52.9 Å². The highest BCUT2D eigenvalue weighted by molar-refractivity contribution is 8.03. The van der Waals surface area contributed by atoms with Crippen LogP contribution in [0.4, 0.5) is 0 Å². The molecule has 0 aromatic rings. The van der Waals surface area contributed by atoms with E-state index in [1.807, 2.05) is 6.92 Å². The van der Waals surface area contributed by atoms with Gasteiger partial charge in [-0.05, 0) is 30.4 Å². The largest absolute Gasteiger partial charge is 0.478 e. The summed E-state index contributed by atoms with van der Waals surface area (Å²) in [7, 11) is 0. The van der Waals surface area contributed by atoms with Crippen LogP contribution in [0.15, 0.2) is 10.5 Å². The van der Waals surface area contributed by atoms with Gasteiger partial charge in [0.1, 0.15) is 0 Å². The molecule has 0 aliphatic carbocycles. The van der Waals surface area contributed by atoms with Crippen molar-refractivity contribution in [3.8, 4) is 0 Å². The van der Waals surface area contributed by atoms with Gasteiger partial charge in [0.05, 0.1) is 0 Å². The van der Waals surface area contributed by atoms with Crippen LogP contribution >= 0.6 is 11.8 Å². The molecule has 1 N–H and O–H groups in total. The van der Waals surface area contributed by atoms with Crippen molar-refractivity contribution in [1.29, 1.82) is 0 Å². The van der Waals surface area contributed by atoms with Crippen LogP contribution < -0.4 is 0 Å². The maximum Gasteiger partial charge on any atom is 0.332 e. The van der Waals surface area contributed by atoms with Crippen LogP contribution in [0.25, 0.3) is 0 Å². The summed E-state index contributed by atoms with van der Waals surface area (Å²) in [4.78, 5) is 11.8. The Hall–Kier alpha value is -0.440. The number of carboxylic acid groups (broad SMARTS) is 1. The molecule has 0 aromatic carbocycles. The van der Waals surface area contributed by atoms with E-state index in [4.69, 9.17) is 5.11 Å². The van der Waals surface area contributed by atoms with Crippen LogP contribution in [0, 0.1) is 0 Å². The smallest absolute Gasteiger partial charge is 0.332 e. The lowest BCUT2D eigenvalue weighted by Crippen LogP contribution is -1.99. The molecule has 0 saturated carbocycles. The molecule has 0 rings (SSSR count). The van der Waals surface area contributed by atoms with Crippen LogP contribution in [0.3, 0.4) is 0 Å². The van der Waals surface area contributed by atoms with Crippen molar-refractivity contribution >= 4 is 17.7 Å². The molecule has 0 fully saturated rings. The molecule has 88 valence electrons. The van der Waals surface area contributed by atoms with E-state index in [1.54, 1.807) is 18.7 Å². The predicted molar refractivity (Wildman–Crippen MR) is 67.2 cm³/mol. The fraction of sp³-hybridized carbons (Fsp3) is 0.750. The Balaban J connectivity index is 3.91. The molecule has 0 saturated heterocycles. The first-order chi connectivity index (χ1) is 7.13. The molecule has 0 atom stereocenters. The van der Waals surface area contributed by atoms with Gasteiger partial charge in [-0.2, -0.15) is 0 Å². The van der Waals surface area contributed by atoms with Crippen molar-refractivity contribution < 1.29 is 9.90 Å². The monoisotopic (exact) mass is 230 g/mol. The number of carboxylic acids is 1. The Kier molecular flexibility index (Phi) is 8.58. The summed E-state index contributed by atoms with van der Waals surface area (Å²) in [5.74, 6) is 0.265. The molecule has 0 radical (unpaired) electrons. The van der Waals surface area contributed by atoms with Gasteiger partial charge in [-0.15, -0.1) is 11.8 Å². The standard InChI is InChI=1S/C12H22O2S/c1-4-6-7-8-9-15-11(5-2)10(3)12(13)14/h4-9H2,1-3H3,(H,13,14)/b11-10+. The fourth-order valence-electron chi connectivity index (χ4n) is 1.32. The van der Waals surface area contributed by atoms with E-state index in [9.17, 15) is 4.79 Å². The molecule has 15 heavy (non-hydrogen) atoms. The van der Waals surface area contributed by atoms with Gasteiger partial charge in [-0.25, -0.2) is 4.79 Å². The lowest BCUT2D eigenvalue weighted by atomic mass is 10.2. The van der Waals surface area contributed by atoms with Crippen molar-refractivity contribution in [2.24, 2.45) is 0 Å². The number of allylic oxidation sites excluding steroid dienone is 1. The van der Waals surface area contributed by atoms with Gasteiger partial charge in [0.25, 0.3) is 0 Å². The third-order valence-corrected chi connectivity index (χ3v) is 3.77. The van der Waals surface area contributed by atoms with E-state index in [1.165, 1.54) is 25.7 Å². The number of unbranched alkanes of at least 4 members (excludes halogenated alkanes) is 3. The average Bonchev–Trinajstić information content (AvgIpc) is 2.22. The zero-order chi connectivity index (χ0) is 11.7. The fourth-order valence-corrected chi connectivity index (χ4v) is 2.42. The lowest BCUT2D eigenvalue weighted by molar-refractivity contribution is -0.132. The number of aliphatic carboxylic acids is 1. The molecule has 0 heterocycles. The summed E-state index contributed by atoms with van der Waals surface area (Å²) in [6, 6.07) is 0. The summed E-state index contributed by atoms with van der Waals surface area (Å²) in [6.45, 7) is 5.90. The predicted octanol–water partition coefficient (Wildman–Crippen LogP) is 4.07. The van der Waals surface area contributed by atoms with Crippen molar-refractivity contribution in [2.45, 2.75) is 52.9 Å². The zero-order valence-electron chi connectivity index (χ0n) is 10.0. The molecule has 2 nitrogen and oxygen atoms in total. The first-order valence-corrected chi connectivity index (χ1v) is 6.67. The summed E-state index contributed by atoms with van der Waals surface area (Å²) in [5, 5.41) is 8.85. The molecular formula is C12H22O2S. The summed E-state index contributed by atoms with van der Waals surface area (Å²) >= 11 is 1.71. The van der Waals surface area contributed by atoms with Gasteiger partial charge in [-0.1, -0.05) is 33.1 Å². The maximum atomic E-state index is 10.8.